The van der Waals surface area contributed by atoms with Crippen LogP contribution in [0.1, 0.15) is 11.3 Å². The van der Waals surface area contributed by atoms with Gasteiger partial charge in [0.25, 0.3) is 0 Å². The van der Waals surface area contributed by atoms with Crippen LogP contribution in [0.25, 0.3) is 17.0 Å². The van der Waals surface area contributed by atoms with E-state index < -0.39 is 11.7 Å². The lowest BCUT2D eigenvalue weighted by Gasteiger charge is -2.09. The fourth-order valence-corrected chi connectivity index (χ4v) is 2.73. The van der Waals surface area contributed by atoms with Crippen LogP contribution in [-0.2, 0) is 6.18 Å². The van der Waals surface area contributed by atoms with Crippen molar-refractivity contribution >= 4 is 17.3 Å². The van der Waals surface area contributed by atoms with Crippen molar-refractivity contribution < 1.29 is 13.2 Å². The standard InChI is InChI=1S/C18H13F3N6/c1-11-17(27-7-3-2-4-16(27)24-11)13-9-22-10-15(25-13)26-14-6-5-12(8-23-14)18(19,20)21/h2-10H,1H3,(H,23,25,26). The monoisotopic (exact) mass is 370 g/mol. The smallest absolute Gasteiger partial charge is 0.324 e. The van der Waals surface area contributed by atoms with E-state index in [-0.39, 0.29) is 5.82 Å². The summed E-state index contributed by atoms with van der Waals surface area (Å²) in [5, 5.41) is 2.87. The maximum Gasteiger partial charge on any atom is 0.417 e. The van der Waals surface area contributed by atoms with Crippen molar-refractivity contribution in [3.8, 4) is 11.4 Å². The molecule has 0 radical (unpaired) electrons. The first-order valence-electron chi connectivity index (χ1n) is 7.98. The molecule has 4 aromatic heterocycles. The number of imidazole rings is 1. The molecule has 0 atom stereocenters. The summed E-state index contributed by atoms with van der Waals surface area (Å²) in [7, 11) is 0. The molecule has 0 aliphatic heterocycles. The zero-order valence-corrected chi connectivity index (χ0v) is 14.1. The molecule has 1 N–H and O–H groups in total. The number of alkyl halides is 3. The largest absolute Gasteiger partial charge is 0.417 e. The van der Waals surface area contributed by atoms with E-state index in [4.69, 9.17) is 0 Å². The quantitative estimate of drug-likeness (QED) is 0.584. The fourth-order valence-electron chi connectivity index (χ4n) is 2.73. The van der Waals surface area contributed by atoms with Gasteiger partial charge < -0.3 is 5.32 Å². The number of aromatic nitrogens is 5. The molecule has 0 aliphatic rings. The average Bonchev–Trinajstić information content (AvgIpc) is 2.97. The molecule has 0 unspecified atom stereocenters. The van der Waals surface area contributed by atoms with Crippen molar-refractivity contribution in [2.24, 2.45) is 0 Å². The van der Waals surface area contributed by atoms with Gasteiger partial charge in [-0.3, -0.25) is 9.38 Å². The Hall–Kier alpha value is -3.49. The Kier molecular flexibility index (Phi) is 3.98. The predicted octanol–water partition coefficient (Wildman–Crippen LogP) is 4.26. The van der Waals surface area contributed by atoms with Gasteiger partial charge in [-0.1, -0.05) is 6.07 Å². The summed E-state index contributed by atoms with van der Waals surface area (Å²) in [4.78, 5) is 16.9. The van der Waals surface area contributed by atoms with Gasteiger partial charge in [0.2, 0.25) is 0 Å². The Morgan fingerprint density at radius 3 is 2.56 bits per heavy atom. The number of hydrogen-bond donors (Lipinski definition) is 1. The Morgan fingerprint density at radius 1 is 0.963 bits per heavy atom. The number of halogens is 3. The van der Waals surface area contributed by atoms with Crippen molar-refractivity contribution in [1.82, 2.24) is 24.3 Å². The summed E-state index contributed by atoms with van der Waals surface area (Å²) >= 11 is 0. The fraction of sp³-hybridized carbons (Fsp3) is 0.111. The molecule has 0 aromatic carbocycles. The van der Waals surface area contributed by atoms with Gasteiger partial charge in [0.15, 0.2) is 5.82 Å². The number of fused-ring (bicyclic) bond motifs is 1. The van der Waals surface area contributed by atoms with E-state index in [0.717, 1.165) is 29.3 Å². The minimum atomic E-state index is -4.42. The van der Waals surface area contributed by atoms with E-state index in [2.05, 4.69) is 25.3 Å². The van der Waals surface area contributed by atoms with Crippen LogP contribution in [0.2, 0.25) is 0 Å². The third kappa shape index (κ3) is 3.31. The Balaban J connectivity index is 1.66. The first-order valence-corrected chi connectivity index (χ1v) is 7.98. The van der Waals surface area contributed by atoms with Gasteiger partial charge in [-0.15, -0.1) is 0 Å². The molecule has 27 heavy (non-hydrogen) atoms. The summed E-state index contributed by atoms with van der Waals surface area (Å²) in [5.41, 5.74) is 2.15. The molecule has 0 spiro atoms. The third-order valence-electron chi connectivity index (χ3n) is 3.93. The first kappa shape index (κ1) is 17.0. The average molecular weight is 370 g/mol. The number of nitrogens with one attached hydrogen (secondary N) is 1. The molecule has 6 nitrogen and oxygen atoms in total. The third-order valence-corrected chi connectivity index (χ3v) is 3.93. The topological polar surface area (TPSA) is 68.0 Å². The summed E-state index contributed by atoms with van der Waals surface area (Å²) in [5.74, 6) is 0.606. The van der Waals surface area contributed by atoms with E-state index >= 15 is 0 Å². The zero-order chi connectivity index (χ0) is 19.0. The highest BCUT2D eigenvalue weighted by molar-refractivity contribution is 5.65. The van der Waals surface area contributed by atoms with Gasteiger partial charge in [0.1, 0.15) is 17.2 Å². The molecule has 0 saturated carbocycles. The number of nitrogens with zero attached hydrogens (tertiary/aromatic N) is 5. The minimum absolute atomic E-state index is 0.240. The van der Waals surface area contributed by atoms with E-state index in [1.807, 2.05) is 35.7 Å². The van der Waals surface area contributed by atoms with Crippen LogP contribution in [0.15, 0.2) is 55.1 Å². The van der Waals surface area contributed by atoms with Gasteiger partial charge >= 0.3 is 6.18 Å². The van der Waals surface area contributed by atoms with Crippen molar-refractivity contribution in [2.45, 2.75) is 13.1 Å². The molecule has 4 aromatic rings. The Bertz CT molecular complexity index is 1100. The van der Waals surface area contributed by atoms with E-state index in [1.165, 1.54) is 12.3 Å². The van der Waals surface area contributed by atoms with Gasteiger partial charge in [-0.05, 0) is 31.2 Å². The van der Waals surface area contributed by atoms with Crippen LogP contribution in [0.4, 0.5) is 24.8 Å². The van der Waals surface area contributed by atoms with Gasteiger partial charge in [0, 0.05) is 12.4 Å². The lowest BCUT2D eigenvalue weighted by molar-refractivity contribution is -0.137. The number of aryl methyl sites for hydroxylation is 1. The predicted molar refractivity (Wildman–Crippen MR) is 93.5 cm³/mol. The van der Waals surface area contributed by atoms with Crippen LogP contribution in [-0.4, -0.2) is 24.3 Å². The number of rotatable bonds is 3. The summed E-state index contributed by atoms with van der Waals surface area (Å²) in [6.07, 6.45) is 1.31. The van der Waals surface area contributed by atoms with Crippen LogP contribution in [0.5, 0.6) is 0 Å². The van der Waals surface area contributed by atoms with Crippen molar-refractivity contribution in [3.05, 3.63) is 66.4 Å². The van der Waals surface area contributed by atoms with Crippen LogP contribution >= 0.6 is 0 Å². The SMILES string of the molecule is Cc1nc2ccccn2c1-c1cncc(Nc2ccc(C(F)(F)F)cn2)n1. The number of pyridine rings is 2. The van der Waals surface area contributed by atoms with Crippen LogP contribution in [0.3, 0.4) is 0 Å². The van der Waals surface area contributed by atoms with Gasteiger partial charge in [0.05, 0.1) is 29.3 Å². The second-order valence-corrected chi connectivity index (χ2v) is 5.82. The highest BCUT2D eigenvalue weighted by Gasteiger charge is 2.30. The second-order valence-electron chi connectivity index (χ2n) is 5.82. The lowest BCUT2D eigenvalue weighted by atomic mass is 10.2. The van der Waals surface area contributed by atoms with E-state index in [9.17, 15) is 13.2 Å². The Labute approximate surface area is 151 Å². The molecule has 0 saturated heterocycles. The van der Waals surface area contributed by atoms with Crippen LogP contribution in [0, 0.1) is 6.92 Å². The number of hydrogen-bond acceptors (Lipinski definition) is 5. The molecule has 0 fully saturated rings. The molecular formula is C18H13F3N6. The summed E-state index contributed by atoms with van der Waals surface area (Å²) < 4.78 is 39.8. The van der Waals surface area contributed by atoms with Crippen molar-refractivity contribution in [2.75, 3.05) is 5.32 Å². The van der Waals surface area contributed by atoms with Gasteiger partial charge in [-0.2, -0.15) is 13.2 Å². The molecule has 136 valence electrons. The highest BCUT2D eigenvalue weighted by atomic mass is 19.4. The highest BCUT2D eigenvalue weighted by Crippen LogP contribution is 2.29. The summed E-state index contributed by atoms with van der Waals surface area (Å²) in [6.45, 7) is 1.88. The molecule has 4 rings (SSSR count). The molecule has 0 amide bonds. The second kappa shape index (κ2) is 6.35. The molecule has 4 heterocycles. The maximum atomic E-state index is 12.6. The van der Waals surface area contributed by atoms with Crippen molar-refractivity contribution in [3.63, 3.8) is 0 Å². The minimum Gasteiger partial charge on any atom is -0.324 e. The zero-order valence-electron chi connectivity index (χ0n) is 14.1. The van der Waals surface area contributed by atoms with Crippen LogP contribution < -0.4 is 5.32 Å². The molecule has 0 aliphatic carbocycles. The molecule has 9 heteroatoms. The Morgan fingerprint density at radius 2 is 1.81 bits per heavy atom. The van der Waals surface area contributed by atoms with E-state index in [1.54, 1.807) is 6.20 Å². The first-order chi connectivity index (χ1) is 12.9. The normalized spacial score (nSPS) is 11.7. The molecular weight excluding hydrogens is 357 g/mol. The van der Waals surface area contributed by atoms with Gasteiger partial charge in [-0.25, -0.2) is 15.0 Å². The summed E-state index contributed by atoms with van der Waals surface area (Å²) in [6, 6.07) is 7.88. The number of anilines is 2. The molecule has 0 bridgehead atoms. The maximum absolute atomic E-state index is 12.6. The van der Waals surface area contributed by atoms with Crippen molar-refractivity contribution in [1.29, 1.82) is 0 Å². The van der Waals surface area contributed by atoms with E-state index in [0.29, 0.717) is 11.5 Å². The lowest BCUT2D eigenvalue weighted by Crippen LogP contribution is -2.06.